The molecule has 4 unspecified atom stereocenters. The molecule has 2 aromatic carbocycles. The summed E-state index contributed by atoms with van der Waals surface area (Å²) in [5, 5.41) is 0.859. The molecule has 0 N–H and O–H groups in total. The molecule has 2 aliphatic carbocycles. The molecule has 2 aliphatic rings. The van der Waals surface area contributed by atoms with Crippen LogP contribution in [-0.4, -0.2) is 0 Å². The van der Waals surface area contributed by atoms with E-state index >= 15 is 4.39 Å². The van der Waals surface area contributed by atoms with E-state index < -0.39 is 5.82 Å². The fraction of sp³-hybridized carbons (Fsp3) is 0.556. The molecule has 4 atom stereocenters. The van der Waals surface area contributed by atoms with Gasteiger partial charge in [-0.15, -0.1) is 6.58 Å². The van der Waals surface area contributed by atoms with Gasteiger partial charge in [0.15, 0.2) is 0 Å². The lowest BCUT2D eigenvalue weighted by Crippen LogP contribution is -2.30. The Morgan fingerprint density at radius 2 is 1.83 bits per heavy atom. The number of benzene rings is 2. The molecule has 0 nitrogen and oxygen atoms in total. The Labute approximate surface area is 174 Å². The summed E-state index contributed by atoms with van der Waals surface area (Å²) >= 11 is 0. The third kappa shape index (κ3) is 4.27. The van der Waals surface area contributed by atoms with Gasteiger partial charge in [0, 0.05) is 0 Å². The summed E-state index contributed by atoms with van der Waals surface area (Å²) in [6.45, 7) is 6.01. The van der Waals surface area contributed by atoms with Gasteiger partial charge < -0.3 is 0 Å². The molecular weight excluding hydrogens is 362 g/mol. The van der Waals surface area contributed by atoms with Crippen LogP contribution in [0.25, 0.3) is 10.8 Å². The molecular formula is C27H34F2. The minimum atomic E-state index is -0.422. The summed E-state index contributed by atoms with van der Waals surface area (Å²) in [4.78, 5) is 0. The molecule has 0 amide bonds. The Balaban J connectivity index is 1.55. The van der Waals surface area contributed by atoms with E-state index in [1.54, 1.807) is 0 Å². The van der Waals surface area contributed by atoms with Gasteiger partial charge in [-0.1, -0.05) is 50.5 Å². The van der Waals surface area contributed by atoms with Gasteiger partial charge in [0.1, 0.15) is 11.6 Å². The van der Waals surface area contributed by atoms with Crippen LogP contribution in [0.5, 0.6) is 0 Å². The summed E-state index contributed by atoms with van der Waals surface area (Å²) < 4.78 is 30.2. The van der Waals surface area contributed by atoms with Crippen molar-refractivity contribution in [1.29, 1.82) is 0 Å². The zero-order valence-electron chi connectivity index (χ0n) is 17.7. The molecule has 0 heterocycles. The second kappa shape index (κ2) is 8.98. The van der Waals surface area contributed by atoms with Crippen LogP contribution in [0.15, 0.2) is 36.9 Å². The molecule has 2 saturated carbocycles. The van der Waals surface area contributed by atoms with Crippen molar-refractivity contribution in [2.75, 3.05) is 0 Å². The van der Waals surface area contributed by atoms with Gasteiger partial charge in [-0.05, 0) is 91.2 Å². The minimum absolute atomic E-state index is 0.179. The normalized spacial score (nSPS) is 27.0. The lowest BCUT2D eigenvalue weighted by atomic mass is 9.63. The SMILES string of the molecule is C=CCCc1cc(F)c2c(F)c(C3CCC4CC(CCC)CCC4C3)ccc2c1. The van der Waals surface area contributed by atoms with E-state index in [9.17, 15) is 4.39 Å². The first kappa shape index (κ1) is 20.6. The standard InChI is InChI=1S/C27H34F2/c1-3-5-7-19-15-23-12-13-24(27(29)26(23)25(28)16-19)22-11-10-20-14-18(6-4-2)8-9-21(20)17-22/h3,12-13,15-16,18,20-22H,1,4-11,14,17H2,2H3. The summed E-state index contributed by atoms with van der Waals surface area (Å²) in [5.74, 6) is 1.95. The van der Waals surface area contributed by atoms with Crippen molar-refractivity contribution in [3.05, 3.63) is 59.7 Å². The molecule has 0 radical (unpaired) electrons. The highest BCUT2D eigenvalue weighted by Crippen LogP contribution is 2.49. The Morgan fingerprint density at radius 3 is 2.62 bits per heavy atom. The van der Waals surface area contributed by atoms with Gasteiger partial charge in [0.05, 0.1) is 5.39 Å². The van der Waals surface area contributed by atoms with E-state index in [4.69, 9.17) is 0 Å². The van der Waals surface area contributed by atoms with Gasteiger partial charge in [-0.3, -0.25) is 0 Å². The third-order valence-electron chi connectivity index (χ3n) is 7.59. The van der Waals surface area contributed by atoms with E-state index in [0.717, 1.165) is 54.6 Å². The molecule has 4 rings (SSSR count). The van der Waals surface area contributed by atoms with Crippen LogP contribution in [0.3, 0.4) is 0 Å². The molecule has 0 saturated heterocycles. The Bertz CT molecular complexity index is 868. The van der Waals surface area contributed by atoms with Crippen LogP contribution < -0.4 is 0 Å². The van der Waals surface area contributed by atoms with Crippen molar-refractivity contribution in [1.82, 2.24) is 0 Å². The highest BCUT2D eigenvalue weighted by molar-refractivity contribution is 5.85. The van der Waals surface area contributed by atoms with Crippen LogP contribution in [-0.2, 0) is 6.42 Å². The predicted molar refractivity (Wildman–Crippen MR) is 118 cm³/mol. The summed E-state index contributed by atoms with van der Waals surface area (Å²) in [6.07, 6.45) is 13.3. The minimum Gasteiger partial charge on any atom is -0.206 e. The molecule has 0 spiro atoms. The van der Waals surface area contributed by atoms with E-state index in [0.29, 0.717) is 5.39 Å². The smallest absolute Gasteiger partial charge is 0.137 e. The summed E-state index contributed by atoms with van der Waals surface area (Å²) in [7, 11) is 0. The molecule has 2 aromatic rings. The van der Waals surface area contributed by atoms with Crippen LogP contribution in [0.2, 0.25) is 0 Å². The largest absolute Gasteiger partial charge is 0.206 e. The fourth-order valence-electron chi connectivity index (χ4n) is 6.11. The number of allylic oxidation sites excluding steroid dienone is 1. The number of halogens is 2. The average molecular weight is 397 g/mol. The van der Waals surface area contributed by atoms with Crippen LogP contribution in [0.1, 0.15) is 81.8 Å². The second-order valence-electron chi connectivity index (χ2n) is 9.47. The number of hydrogen-bond donors (Lipinski definition) is 0. The van der Waals surface area contributed by atoms with Gasteiger partial charge >= 0.3 is 0 Å². The topological polar surface area (TPSA) is 0 Å². The third-order valence-corrected chi connectivity index (χ3v) is 7.59. The maximum Gasteiger partial charge on any atom is 0.137 e. The molecule has 2 fully saturated rings. The van der Waals surface area contributed by atoms with E-state index in [2.05, 4.69) is 13.5 Å². The van der Waals surface area contributed by atoms with Crippen LogP contribution >= 0.6 is 0 Å². The summed E-state index contributed by atoms with van der Waals surface area (Å²) in [5.41, 5.74) is 1.65. The molecule has 29 heavy (non-hydrogen) atoms. The molecule has 0 aliphatic heterocycles. The zero-order chi connectivity index (χ0) is 20.4. The summed E-state index contributed by atoms with van der Waals surface area (Å²) in [6, 6.07) is 7.30. The Morgan fingerprint density at radius 1 is 1.03 bits per heavy atom. The first-order valence-corrected chi connectivity index (χ1v) is 11.6. The first-order chi connectivity index (χ1) is 14.1. The highest BCUT2D eigenvalue weighted by Gasteiger charge is 2.36. The van der Waals surface area contributed by atoms with Crippen LogP contribution in [0.4, 0.5) is 8.78 Å². The number of aryl methyl sites for hydroxylation is 1. The van der Waals surface area contributed by atoms with Crippen LogP contribution in [0, 0.1) is 29.4 Å². The first-order valence-electron chi connectivity index (χ1n) is 11.6. The van der Waals surface area contributed by atoms with Gasteiger partial charge in [-0.2, -0.15) is 0 Å². The number of hydrogen-bond acceptors (Lipinski definition) is 0. The average Bonchev–Trinajstić information content (AvgIpc) is 2.72. The monoisotopic (exact) mass is 396 g/mol. The highest BCUT2D eigenvalue weighted by atomic mass is 19.1. The lowest BCUT2D eigenvalue weighted by molar-refractivity contribution is 0.113. The van der Waals surface area contributed by atoms with Crippen molar-refractivity contribution in [2.24, 2.45) is 17.8 Å². The lowest BCUT2D eigenvalue weighted by Gasteiger charge is -2.42. The molecule has 0 bridgehead atoms. The molecule has 2 heteroatoms. The van der Waals surface area contributed by atoms with Crippen molar-refractivity contribution < 1.29 is 8.78 Å². The van der Waals surface area contributed by atoms with Gasteiger partial charge in [-0.25, -0.2) is 8.78 Å². The molecule has 156 valence electrons. The maximum absolute atomic E-state index is 15.4. The van der Waals surface area contributed by atoms with Crippen molar-refractivity contribution in [2.45, 2.75) is 77.0 Å². The van der Waals surface area contributed by atoms with Crippen molar-refractivity contribution >= 4 is 10.8 Å². The van der Waals surface area contributed by atoms with Gasteiger partial charge in [0.25, 0.3) is 0 Å². The van der Waals surface area contributed by atoms with E-state index in [1.807, 2.05) is 24.3 Å². The van der Waals surface area contributed by atoms with Crippen molar-refractivity contribution in [3.63, 3.8) is 0 Å². The zero-order valence-corrected chi connectivity index (χ0v) is 17.7. The number of rotatable bonds is 6. The Kier molecular flexibility index (Phi) is 6.37. The fourth-order valence-corrected chi connectivity index (χ4v) is 6.11. The van der Waals surface area contributed by atoms with Gasteiger partial charge in [0.2, 0.25) is 0 Å². The predicted octanol–water partition coefficient (Wildman–Crippen LogP) is 8.34. The van der Waals surface area contributed by atoms with E-state index in [1.165, 1.54) is 44.6 Å². The van der Waals surface area contributed by atoms with E-state index in [-0.39, 0.29) is 17.1 Å². The maximum atomic E-state index is 15.4. The quantitative estimate of drug-likeness (QED) is 0.430. The second-order valence-corrected chi connectivity index (χ2v) is 9.47. The van der Waals surface area contributed by atoms with Crippen molar-refractivity contribution in [3.8, 4) is 0 Å². The molecule has 0 aromatic heterocycles. The number of fused-ring (bicyclic) bond motifs is 2. The Hall–Kier alpha value is -1.70.